The molecule has 0 radical (unpaired) electrons. The van der Waals surface area contributed by atoms with Gasteiger partial charge in [0.1, 0.15) is 0 Å². The van der Waals surface area contributed by atoms with E-state index in [0.717, 1.165) is 30.8 Å². The van der Waals surface area contributed by atoms with Crippen LogP contribution >= 0.6 is 11.3 Å². The van der Waals surface area contributed by atoms with Crippen LogP contribution in [-0.2, 0) is 26.5 Å². The number of hydrogen-bond donors (Lipinski definition) is 0. The molecule has 5 rings (SSSR count). The predicted molar refractivity (Wildman–Crippen MR) is 146 cm³/mol. The van der Waals surface area contributed by atoms with Gasteiger partial charge < -0.3 is 5.41 Å². The number of allylic oxidation sites excluding steroid dienone is 8. The molecule has 2 aliphatic rings. The summed E-state index contributed by atoms with van der Waals surface area (Å²) in [7, 11) is 0. The molecule has 0 atom stereocenters. The summed E-state index contributed by atoms with van der Waals surface area (Å²) in [5.41, 5.74) is 3.90. The van der Waals surface area contributed by atoms with E-state index in [-0.39, 0.29) is 37.8 Å². The van der Waals surface area contributed by atoms with E-state index in [1.165, 1.54) is 26.1 Å². The third-order valence-electron chi connectivity index (χ3n) is 4.87. The molecule has 1 aromatic carbocycles. The quantitative estimate of drug-likeness (QED) is 0.161. The van der Waals surface area contributed by atoms with E-state index >= 15 is 0 Å². The van der Waals surface area contributed by atoms with E-state index < -0.39 is 6.85 Å². The van der Waals surface area contributed by atoms with Crippen molar-refractivity contribution in [3.05, 3.63) is 137 Å². The minimum absolute atomic E-state index is 0. The van der Waals surface area contributed by atoms with Crippen LogP contribution in [0.1, 0.15) is 34.8 Å². The summed E-state index contributed by atoms with van der Waals surface area (Å²) in [6.45, 7) is 3.37. The minimum Gasteiger partial charge on any atom is -0.872 e. The predicted octanol–water partition coefficient (Wildman–Crippen LogP) is 8.20. The largest absolute Gasteiger partial charge is 3.00 e. The standard InChI is InChI=1S/C13H11S.C11H11N.C6H7N.Ir/c1-9-5-4-7-11-10-6-2-3-8-12(10)14-13(9)11;1-2-3-9-11(12)10-7-5-4-6-8-10;1-6-3-2-4-7-5-6;/h2-5,7-8H,6H2,1H3;2-5,7-9H,1,6H2;2-5H,1H3;/q-1;-2;;+3/b;9-3-;;/i;;1D3,2D,3D;. The second-order valence-corrected chi connectivity index (χ2v) is 8.31. The van der Waals surface area contributed by atoms with Crippen molar-refractivity contribution >= 4 is 33.2 Å². The summed E-state index contributed by atoms with van der Waals surface area (Å²) in [5.74, 6) is 0. The molecule has 0 aliphatic heterocycles. The molecule has 0 saturated carbocycles. The van der Waals surface area contributed by atoms with E-state index in [0.29, 0.717) is 5.71 Å². The van der Waals surface area contributed by atoms with Crippen molar-refractivity contribution in [2.24, 2.45) is 0 Å². The summed E-state index contributed by atoms with van der Waals surface area (Å²) in [5, 5.41) is 10.9. The molecule has 2 nitrogen and oxygen atoms in total. The van der Waals surface area contributed by atoms with Gasteiger partial charge in [0.05, 0.1) is 2.74 Å². The monoisotopic (exact) mass is 647 g/mol. The minimum atomic E-state index is -2.35. The van der Waals surface area contributed by atoms with Gasteiger partial charge in [-0.3, -0.25) is 10.7 Å². The van der Waals surface area contributed by atoms with Crippen LogP contribution in [0.4, 0.5) is 0 Å². The van der Waals surface area contributed by atoms with E-state index in [9.17, 15) is 5.41 Å². The molecule has 0 amide bonds. The zero-order chi connectivity index (χ0) is 27.7. The Balaban J connectivity index is 0.000000204. The van der Waals surface area contributed by atoms with Crippen LogP contribution in [0.5, 0.6) is 0 Å². The Bertz CT molecular complexity index is 1430. The molecule has 0 saturated heterocycles. The second-order valence-electron chi connectivity index (χ2n) is 7.26. The first-order valence-electron chi connectivity index (χ1n) is 13.1. The second kappa shape index (κ2) is 14.4. The Kier molecular flexibility index (Phi) is 8.65. The van der Waals surface area contributed by atoms with E-state index in [4.69, 9.17) is 6.85 Å². The number of rotatable bonds is 3. The molecule has 2 heterocycles. The van der Waals surface area contributed by atoms with Crippen LogP contribution < -0.4 is 0 Å². The van der Waals surface area contributed by atoms with Crippen molar-refractivity contribution in [2.75, 3.05) is 0 Å². The zero-order valence-corrected chi connectivity index (χ0v) is 22.1. The average molecular weight is 647 g/mol. The summed E-state index contributed by atoms with van der Waals surface area (Å²) < 4.78 is 36.9. The third-order valence-corrected chi connectivity index (χ3v) is 6.22. The van der Waals surface area contributed by atoms with Gasteiger partial charge in [-0.05, 0) is 36.3 Å². The Hall–Kier alpha value is -2.91. The first kappa shape index (κ1) is 20.5. The van der Waals surface area contributed by atoms with Gasteiger partial charge in [-0.2, -0.15) is 29.9 Å². The van der Waals surface area contributed by atoms with Crippen LogP contribution in [-0.4, -0.2) is 10.7 Å². The first-order valence-corrected chi connectivity index (χ1v) is 11.4. The Morgan fingerprint density at radius 1 is 1.38 bits per heavy atom. The van der Waals surface area contributed by atoms with Crippen LogP contribution in [0.2, 0.25) is 0 Å². The normalized spacial score (nSPS) is 15.6. The van der Waals surface area contributed by atoms with Gasteiger partial charge in [0.2, 0.25) is 0 Å². The summed E-state index contributed by atoms with van der Waals surface area (Å²) in [6.07, 6.45) is 23.7. The molecule has 0 unspecified atom stereocenters. The molecule has 3 aromatic rings. The maximum Gasteiger partial charge on any atom is 3.00 e. The Labute approximate surface area is 228 Å². The number of thiophene rings is 1. The molecule has 0 bridgehead atoms. The Morgan fingerprint density at radius 2 is 2.26 bits per heavy atom. The van der Waals surface area contributed by atoms with E-state index in [1.54, 1.807) is 18.2 Å². The summed E-state index contributed by atoms with van der Waals surface area (Å²) >= 11 is 1.92. The fourth-order valence-electron chi connectivity index (χ4n) is 3.27. The van der Waals surface area contributed by atoms with Crippen molar-refractivity contribution < 1.29 is 27.0 Å². The summed E-state index contributed by atoms with van der Waals surface area (Å²) in [4.78, 5) is 4.99. The topological polar surface area (TPSA) is 35.2 Å². The van der Waals surface area contributed by atoms with Gasteiger partial charge in [0.25, 0.3) is 0 Å². The molecule has 0 fully saturated rings. The molecule has 2 aliphatic carbocycles. The van der Waals surface area contributed by atoms with Gasteiger partial charge in [0.15, 0.2) is 0 Å². The van der Waals surface area contributed by atoms with Gasteiger partial charge in [-0.15, -0.1) is 18.2 Å². The van der Waals surface area contributed by atoms with Crippen LogP contribution in [0, 0.1) is 26.6 Å². The van der Waals surface area contributed by atoms with Crippen molar-refractivity contribution in [3.8, 4) is 0 Å². The van der Waals surface area contributed by atoms with Crippen LogP contribution in [0.25, 0.3) is 21.6 Å². The maximum atomic E-state index is 9.45. The molecular weight excluding hydrogens is 613 g/mol. The van der Waals surface area contributed by atoms with Gasteiger partial charge >= 0.3 is 20.1 Å². The smallest absolute Gasteiger partial charge is 0.872 e. The third kappa shape index (κ3) is 7.85. The molecule has 2 aromatic heterocycles. The van der Waals surface area contributed by atoms with Crippen LogP contribution in [0.3, 0.4) is 0 Å². The van der Waals surface area contributed by atoms with E-state index in [1.807, 2.05) is 36.0 Å². The Morgan fingerprint density at radius 3 is 3.00 bits per heavy atom. The van der Waals surface area contributed by atoms with Crippen LogP contribution in [0.15, 0.2) is 97.4 Å². The molecule has 4 heteroatoms. The van der Waals surface area contributed by atoms with E-state index in [2.05, 4.69) is 55.3 Å². The fourth-order valence-corrected chi connectivity index (χ4v) is 4.48. The molecule has 0 N–H and O–H groups in total. The fraction of sp³-hybridized carbons (Fsp3) is 0.133. The number of aromatic nitrogens is 1. The molecule has 34 heavy (non-hydrogen) atoms. The number of pyridine rings is 1. The number of benzene rings is 1. The first-order chi connectivity index (χ1) is 18.1. The van der Waals surface area contributed by atoms with Crippen molar-refractivity contribution in [1.29, 1.82) is 0 Å². The SMILES string of the molecule is C=C/C=C\C(=[N-])C1=CC=CC[CH-]1.Cc1cccc2c3c(sc12)C=C[CH-]C3.[2H]c1cncc(C([2H])([2H])[2H])c1[2H].[Ir+3]. The zero-order valence-electron chi connectivity index (χ0n) is 23.9. The molecule has 0 spiro atoms. The number of hydrogen-bond acceptors (Lipinski definition) is 2. The molecular formula is C30H29IrN2S. The number of aryl methyl sites for hydroxylation is 2. The maximum absolute atomic E-state index is 9.45. The van der Waals surface area contributed by atoms with Crippen molar-refractivity contribution in [3.63, 3.8) is 0 Å². The molecule has 174 valence electrons. The van der Waals surface area contributed by atoms with Gasteiger partial charge in [0, 0.05) is 21.2 Å². The average Bonchev–Trinajstić information content (AvgIpc) is 3.30. The van der Waals surface area contributed by atoms with Gasteiger partial charge in [-0.1, -0.05) is 66.3 Å². The number of fused-ring (bicyclic) bond motifs is 3. The van der Waals surface area contributed by atoms with Crippen molar-refractivity contribution in [1.82, 2.24) is 4.98 Å². The number of nitrogens with zero attached hydrogens (tertiary/aromatic N) is 2. The summed E-state index contributed by atoms with van der Waals surface area (Å²) in [6, 6.07) is 6.15. The van der Waals surface area contributed by atoms with Gasteiger partial charge in [-0.25, -0.2) is 18.1 Å². The van der Waals surface area contributed by atoms with Crippen molar-refractivity contribution in [2.45, 2.75) is 26.6 Å².